The number of rotatable bonds is 11. The highest BCUT2D eigenvalue weighted by atomic mass is 16.6. The summed E-state index contributed by atoms with van der Waals surface area (Å²) >= 11 is 0. The number of anilines is 1. The van der Waals surface area contributed by atoms with E-state index in [0.717, 1.165) is 5.56 Å². The predicted octanol–water partition coefficient (Wildman–Crippen LogP) is 2.28. The summed E-state index contributed by atoms with van der Waals surface area (Å²) < 4.78 is 5.19. The van der Waals surface area contributed by atoms with Crippen LogP contribution in [0.15, 0.2) is 24.3 Å². The van der Waals surface area contributed by atoms with Crippen LogP contribution in [0, 0.1) is 5.92 Å². The number of aliphatic hydroxyl groups is 1. The van der Waals surface area contributed by atoms with Crippen molar-refractivity contribution in [3.8, 4) is 0 Å². The van der Waals surface area contributed by atoms with E-state index in [1.165, 1.54) is 0 Å². The van der Waals surface area contributed by atoms with Gasteiger partial charge in [-0.15, -0.1) is 0 Å². The van der Waals surface area contributed by atoms with Crippen LogP contribution in [0.3, 0.4) is 0 Å². The number of ether oxygens (including phenoxy) is 1. The Morgan fingerprint density at radius 2 is 1.69 bits per heavy atom. The molecule has 1 aromatic carbocycles. The predicted molar refractivity (Wildman–Crippen MR) is 124 cm³/mol. The fourth-order valence-corrected chi connectivity index (χ4v) is 2.74. The number of hydrogen-bond donors (Lipinski definition) is 5. The molecule has 0 aliphatic rings. The van der Waals surface area contributed by atoms with Crippen molar-refractivity contribution < 1.29 is 24.2 Å². The fraction of sp³-hybridized carbons (Fsp3) is 0.609. The summed E-state index contributed by atoms with van der Waals surface area (Å²) in [5, 5.41) is 17.4. The topological polar surface area (TPSA) is 143 Å². The molecule has 0 aromatic heterocycles. The van der Waals surface area contributed by atoms with Gasteiger partial charge in [0, 0.05) is 12.2 Å². The summed E-state index contributed by atoms with van der Waals surface area (Å²) in [5.74, 6) is -0.809. The Morgan fingerprint density at radius 3 is 2.22 bits per heavy atom. The molecule has 6 N–H and O–H groups in total. The number of alkyl carbamates (subject to hydrolysis) is 1. The quantitative estimate of drug-likeness (QED) is 0.327. The number of unbranched alkanes of at least 4 members (excludes halogenated alkanes) is 1. The molecule has 9 nitrogen and oxygen atoms in total. The summed E-state index contributed by atoms with van der Waals surface area (Å²) in [6.45, 7) is 9.35. The molecular formula is C23H38N4O5. The van der Waals surface area contributed by atoms with Crippen molar-refractivity contribution in [2.45, 2.75) is 78.2 Å². The average Bonchev–Trinajstić information content (AvgIpc) is 2.70. The highest BCUT2D eigenvalue weighted by Crippen LogP contribution is 2.12. The molecule has 0 saturated heterocycles. The molecule has 32 heavy (non-hydrogen) atoms. The zero-order chi connectivity index (χ0) is 24.3. The molecule has 0 fully saturated rings. The number of aliphatic hydroxyl groups excluding tert-OH is 1. The lowest BCUT2D eigenvalue weighted by atomic mass is 10.0. The lowest BCUT2D eigenvalue weighted by Gasteiger charge is -2.22. The van der Waals surface area contributed by atoms with Gasteiger partial charge in [0.1, 0.15) is 11.6 Å². The molecule has 0 spiro atoms. The van der Waals surface area contributed by atoms with Crippen LogP contribution < -0.4 is 21.7 Å². The molecule has 180 valence electrons. The van der Waals surface area contributed by atoms with Crippen molar-refractivity contribution in [1.82, 2.24) is 10.6 Å². The van der Waals surface area contributed by atoms with E-state index in [2.05, 4.69) is 16.0 Å². The van der Waals surface area contributed by atoms with E-state index < -0.39 is 23.8 Å². The molecule has 0 radical (unpaired) electrons. The van der Waals surface area contributed by atoms with Crippen LogP contribution in [0.5, 0.6) is 0 Å². The number of carbonyl (C=O) groups excluding carboxylic acids is 3. The first-order valence-corrected chi connectivity index (χ1v) is 11.0. The maximum atomic E-state index is 12.8. The van der Waals surface area contributed by atoms with Gasteiger partial charge in [-0.2, -0.15) is 0 Å². The minimum absolute atomic E-state index is 0.0669. The molecule has 1 aromatic rings. The summed E-state index contributed by atoms with van der Waals surface area (Å²) in [6.07, 6.45) is 1.09. The fourth-order valence-electron chi connectivity index (χ4n) is 2.74. The summed E-state index contributed by atoms with van der Waals surface area (Å²) in [7, 11) is 0. The summed E-state index contributed by atoms with van der Waals surface area (Å²) in [6, 6.07) is 5.30. The van der Waals surface area contributed by atoms with E-state index in [4.69, 9.17) is 15.6 Å². The van der Waals surface area contributed by atoms with Gasteiger partial charge in [0.05, 0.1) is 12.6 Å². The van der Waals surface area contributed by atoms with Crippen LogP contribution in [0.25, 0.3) is 0 Å². The van der Waals surface area contributed by atoms with Gasteiger partial charge < -0.3 is 31.5 Å². The number of carbonyl (C=O) groups is 3. The van der Waals surface area contributed by atoms with E-state index >= 15 is 0 Å². The Balaban J connectivity index is 2.66. The molecule has 2 unspecified atom stereocenters. The molecular weight excluding hydrogens is 412 g/mol. The van der Waals surface area contributed by atoms with Crippen molar-refractivity contribution in [3.63, 3.8) is 0 Å². The SMILES string of the molecule is CC(C)C(N)C(=O)NC(CCCCNC(=O)OC(C)(C)C)C(=O)Nc1ccc(CO)cc1. The maximum absolute atomic E-state index is 12.8. The normalized spacial score (nSPS) is 13.2. The van der Waals surface area contributed by atoms with Gasteiger partial charge in [-0.1, -0.05) is 26.0 Å². The van der Waals surface area contributed by atoms with E-state index in [0.29, 0.717) is 31.5 Å². The molecule has 9 heteroatoms. The van der Waals surface area contributed by atoms with E-state index in [1.807, 2.05) is 13.8 Å². The highest BCUT2D eigenvalue weighted by molar-refractivity contribution is 5.97. The number of hydrogen-bond acceptors (Lipinski definition) is 6. The van der Waals surface area contributed by atoms with Crippen LogP contribution in [0.4, 0.5) is 10.5 Å². The van der Waals surface area contributed by atoms with Crippen molar-refractivity contribution in [1.29, 1.82) is 0 Å². The van der Waals surface area contributed by atoms with Crippen molar-refractivity contribution in [2.75, 3.05) is 11.9 Å². The van der Waals surface area contributed by atoms with Gasteiger partial charge in [-0.3, -0.25) is 9.59 Å². The number of amides is 3. The third-order valence-corrected chi connectivity index (χ3v) is 4.65. The van der Waals surface area contributed by atoms with Crippen LogP contribution in [0.2, 0.25) is 0 Å². The van der Waals surface area contributed by atoms with Crippen LogP contribution in [0.1, 0.15) is 59.4 Å². The average molecular weight is 451 g/mol. The van der Waals surface area contributed by atoms with Crippen molar-refractivity contribution in [2.24, 2.45) is 11.7 Å². The van der Waals surface area contributed by atoms with E-state index in [-0.39, 0.29) is 24.3 Å². The second kappa shape index (κ2) is 13.0. The Kier molecular flexibility index (Phi) is 11.1. The molecule has 0 aliphatic carbocycles. The first-order chi connectivity index (χ1) is 14.9. The van der Waals surface area contributed by atoms with Crippen LogP contribution in [-0.4, -0.2) is 47.2 Å². The molecule has 1 rings (SSSR count). The molecule has 0 heterocycles. The third-order valence-electron chi connectivity index (χ3n) is 4.65. The number of nitrogens with one attached hydrogen (secondary N) is 3. The van der Waals surface area contributed by atoms with Gasteiger partial charge in [-0.05, 0) is 63.6 Å². The van der Waals surface area contributed by atoms with E-state index in [1.54, 1.807) is 45.0 Å². The monoisotopic (exact) mass is 450 g/mol. The van der Waals surface area contributed by atoms with Gasteiger partial charge >= 0.3 is 6.09 Å². The Morgan fingerprint density at radius 1 is 1.06 bits per heavy atom. The first-order valence-electron chi connectivity index (χ1n) is 11.0. The minimum atomic E-state index is -0.772. The maximum Gasteiger partial charge on any atom is 0.407 e. The second-order valence-corrected chi connectivity index (χ2v) is 9.10. The van der Waals surface area contributed by atoms with E-state index in [9.17, 15) is 14.4 Å². The zero-order valence-electron chi connectivity index (χ0n) is 19.7. The Bertz CT molecular complexity index is 744. The number of benzene rings is 1. The number of nitrogens with two attached hydrogens (primary N) is 1. The molecule has 0 aliphatic heterocycles. The largest absolute Gasteiger partial charge is 0.444 e. The van der Waals surface area contributed by atoms with Crippen molar-refractivity contribution >= 4 is 23.6 Å². The van der Waals surface area contributed by atoms with Gasteiger partial charge in [-0.25, -0.2) is 4.79 Å². The molecule has 0 bridgehead atoms. The standard InChI is InChI=1S/C23H38N4O5/c1-15(2)19(24)21(30)27-18(8-6-7-13-25-22(31)32-23(3,4)5)20(29)26-17-11-9-16(14-28)10-12-17/h9-12,15,18-19,28H,6-8,13-14,24H2,1-5H3,(H,25,31)(H,26,29)(H,27,30). The Hall–Kier alpha value is -2.65. The first kappa shape index (κ1) is 27.4. The van der Waals surface area contributed by atoms with Gasteiger partial charge in [0.15, 0.2) is 0 Å². The highest BCUT2D eigenvalue weighted by Gasteiger charge is 2.25. The minimum Gasteiger partial charge on any atom is -0.444 e. The van der Waals surface area contributed by atoms with Crippen molar-refractivity contribution in [3.05, 3.63) is 29.8 Å². The Labute approximate surface area is 190 Å². The molecule has 3 amide bonds. The van der Waals surface area contributed by atoms with Crippen LogP contribution in [-0.2, 0) is 20.9 Å². The summed E-state index contributed by atoms with van der Waals surface area (Å²) in [4.78, 5) is 37.0. The van der Waals surface area contributed by atoms with Crippen LogP contribution >= 0.6 is 0 Å². The lowest BCUT2D eigenvalue weighted by molar-refractivity contribution is -0.128. The smallest absolute Gasteiger partial charge is 0.407 e. The zero-order valence-corrected chi connectivity index (χ0v) is 19.7. The third kappa shape index (κ3) is 10.6. The van der Waals surface area contributed by atoms with Gasteiger partial charge in [0.25, 0.3) is 0 Å². The summed E-state index contributed by atoms with van der Waals surface area (Å²) in [5.41, 5.74) is 6.65. The second-order valence-electron chi connectivity index (χ2n) is 9.10. The molecule has 0 saturated carbocycles. The van der Waals surface area contributed by atoms with Gasteiger partial charge in [0.2, 0.25) is 11.8 Å². The lowest BCUT2D eigenvalue weighted by Crippen LogP contribution is -2.51. The molecule has 2 atom stereocenters.